The number of nitrogens with zero attached hydrogens (tertiary/aromatic N) is 3. The van der Waals surface area contributed by atoms with Crippen LogP contribution in [0.2, 0.25) is 0 Å². The van der Waals surface area contributed by atoms with Crippen molar-refractivity contribution >= 4 is 12.1 Å². The van der Waals surface area contributed by atoms with Gasteiger partial charge in [0.15, 0.2) is 0 Å². The van der Waals surface area contributed by atoms with Gasteiger partial charge in [-0.3, -0.25) is 0 Å². The first kappa shape index (κ1) is 18.8. The summed E-state index contributed by atoms with van der Waals surface area (Å²) >= 11 is 0. The third-order valence-electron chi connectivity index (χ3n) is 3.00. The van der Waals surface area contributed by atoms with Gasteiger partial charge < -0.3 is 19.9 Å². The zero-order valence-electron chi connectivity index (χ0n) is 13.6. The monoisotopic (exact) mass is 326 g/mol. The Bertz CT molecular complexity index is 534. The van der Waals surface area contributed by atoms with Crippen molar-refractivity contribution in [1.82, 2.24) is 5.32 Å². The summed E-state index contributed by atoms with van der Waals surface area (Å²) in [7, 11) is 0. The molecule has 9 nitrogen and oxygen atoms in total. The van der Waals surface area contributed by atoms with Crippen molar-refractivity contribution in [3.05, 3.63) is 22.1 Å². The summed E-state index contributed by atoms with van der Waals surface area (Å²) in [5, 5.41) is 16.2. The second kappa shape index (κ2) is 7.85. The van der Waals surface area contributed by atoms with Gasteiger partial charge in [0.05, 0.1) is 24.8 Å². The molecule has 23 heavy (non-hydrogen) atoms. The van der Waals surface area contributed by atoms with E-state index in [1.165, 1.54) is 6.08 Å². The van der Waals surface area contributed by atoms with Crippen LogP contribution >= 0.6 is 0 Å². The maximum Gasteiger partial charge on any atom is 0.407 e. The Morgan fingerprint density at radius 1 is 1.52 bits per heavy atom. The van der Waals surface area contributed by atoms with Crippen LogP contribution in [0.15, 0.2) is 16.8 Å². The quantitative estimate of drug-likeness (QED) is 0.352. The Kier molecular flexibility index (Phi) is 6.41. The van der Waals surface area contributed by atoms with E-state index in [1.54, 1.807) is 27.7 Å². The molecule has 0 spiro atoms. The van der Waals surface area contributed by atoms with Crippen LogP contribution in [0.1, 0.15) is 34.1 Å². The number of aliphatic hydroxyl groups is 1. The van der Waals surface area contributed by atoms with Crippen molar-refractivity contribution in [2.45, 2.75) is 57.9 Å². The standard InChI is InChI=1S/C14H22N4O5/c1-5-22-12(20)8-6-9(17-18-15)11(10(19)7-8)16-13(21)23-14(2,3)4/h7,9-11,19H,5-6H2,1-4H3,(H,16,21)/t9-,10+,11+/m0/s1. The molecule has 0 unspecified atom stereocenters. The molecule has 0 saturated heterocycles. The van der Waals surface area contributed by atoms with Crippen LogP contribution in [0.5, 0.6) is 0 Å². The van der Waals surface area contributed by atoms with Crippen molar-refractivity contribution in [1.29, 1.82) is 0 Å². The highest BCUT2D eigenvalue weighted by Crippen LogP contribution is 2.24. The molecule has 9 heteroatoms. The van der Waals surface area contributed by atoms with Crippen LogP contribution in [-0.2, 0) is 14.3 Å². The van der Waals surface area contributed by atoms with Crippen molar-refractivity contribution < 1.29 is 24.2 Å². The van der Waals surface area contributed by atoms with Crippen LogP contribution < -0.4 is 5.32 Å². The molecule has 1 aliphatic carbocycles. The molecule has 0 fully saturated rings. The maximum atomic E-state index is 11.8. The summed E-state index contributed by atoms with van der Waals surface area (Å²) in [6.45, 7) is 6.96. The van der Waals surface area contributed by atoms with Crippen molar-refractivity contribution in [2.24, 2.45) is 5.11 Å². The van der Waals surface area contributed by atoms with Crippen LogP contribution in [0.3, 0.4) is 0 Å². The molecule has 0 bridgehead atoms. The van der Waals surface area contributed by atoms with Gasteiger partial charge in [-0.15, -0.1) is 0 Å². The fraction of sp³-hybridized carbons (Fsp3) is 0.714. The van der Waals surface area contributed by atoms with Gasteiger partial charge >= 0.3 is 12.1 Å². The van der Waals surface area contributed by atoms with Gasteiger partial charge in [-0.05, 0) is 45.7 Å². The average Bonchev–Trinajstić information content (AvgIpc) is 2.40. The van der Waals surface area contributed by atoms with E-state index in [-0.39, 0.29) is 18.6 Å². The van der Waals surface area contributed by atoms with Gasteiger partial charge in [0.2, 0.25) is 0 Å². The second-order valence-electron chi connectivity index (χ2n) is 6.05. The summed E-state index contributed by atoms with van der Waals surface area (Å²) in [6, 6.07) is -1.72. The highest BCUT2D eigenvalue weighted by Gasteiger charge is 2.36. The van der Waals surface area contributed by atoms with E-state index >= 15 is 0 Å². The van der Waals surface area contributed by atoms with Gasteiger partial charge in [-0.25, -0.2) is 9.59 Å². The van der Waals surface area contributed by atoms with Gasteiger partial charge in [0.1, 0.15) is 5.60 Å². The van der Waals surface area contributed by atoms with Crippen molar-refractivity contribution in [3.63, 3.8) is 0 Å². The summed E-state index contributed by atoms with van der Waals surface area (Å²) < 4.78 is 9.99. The van der Waals surface area contributed by atoms with Gasteiger partial charge in [0, 0.05) is 10.5 Å². The molecule has 128 valence electrons. The number of hydrogen-bond donors (Lipinski definition) is 2. The Balaban J connectivity index is 2.91. The van der Waals surface area contributed by atoms with Crippen LogP contribution in [-0.4, -0.2) is 47.6 Å². The lowest BCUT2D eigenvalue weighted by Gasteiger charge is -2.32. The van der Waals surface area contributed by atoms with E-state index in [1.807, 2.05) is 0 Å². The van der Waals surface area contributed by atoms with E-state index in [0.29, 0.717) is 0 Å². The predicted octanol–water partition coefficient (Wildman–Crippen LogP) is 1.81. The molecule has 0 aromatic rings. The molecule has 0 aliphatic heterocycles. The first-order valence-electron chi connectivity index (χ1n) is 7.27. The minimum atomic E-state index is -1.20. The minimum absolute atomic E-state index is 0.0560. The number of nitrogens with one attached hydrogen (secondary N) is 1. The molecule has 0 aromatic carbocycles. The molecule has 1 rings (SSSR count). The van der Waals surface area contributed by atoms with E-state index in [9.17, 15) is 14.7 Å². The van der Waals surface area contributed by atoms with Gasteiger partial charge in [-0.1, -0.05) is 5.11 Å². The fourth-order valence-corrected chi connectivity index (χ4v) is 2.14. The minimum Gasteiger partial charge on any atom is -0.463 e. The van der Waals surface area contributed by atoms with Gasteiger partial charge in [0.25, 0.3) is 0 Å². The lowest BCUT2D eigenvalue weighted by molar-refractivity contribution is -0.139. The lowest BCUT2D eigenvalue weighted by atomic mass is 9.88. The Hall–Kier alpha value is -2.25. The zero-order valence-corrected chi connectivity index (χ0v) is 13.6. The summed E-state index contributed by atoms with van der Waals surface area (Å²) in [5.74, 6) is -0.583. The Morgan fingerprint density at radius 3 is 2.70 bits per heavy atom. The Morgan fingerprint density at radius 2 is 2.17 bits per heavy atom. The third-order valence-corrected chi connectivity index (χ3v) is 3.00. The molecule has 1 aliphatic rings. The third kappa shape index (κ3) is 5.80. The molecule has 2 N–H and O–H groups in total. The summed E-state index contributed by atoms with van der Waals surface area (Å²) in [4.78, 5) is 26.3. The fourth-order valence-electron chi connectivity index (χ4n) is 2.14. The van der Waals surface area contributed by atoms with Crippen molar-refractivity contribution in [3.8, 4) is 0 Å². The number of azide groups is 1. The zero-order chi connectivity index (χ0) is 17.6. The number of rotatable bonds is 4. The number of ether oxygens (including phenoxy) is 2. The molecule has 0 radical (unpaired) electrons. The topological polar surface area (TPSA) is 134 Å². The number of aliphatic hydroxyl groups excluding tert-OH is 1. The maximum absolute atomic E-state index is 11.8. The summed E-state index contributed by atoms with van der Waals surface area (Å²) in [6.07, 6.45) is -0.594. The smallest absolute Gasteiger partial charge is 0.407 e. The molecule has 0 aromatic heterocycles. The molecule has 0 heterocycles. The SMILES string of the molecule is CCOC(=O)C1=C[C@@H](O)[C@H](NC(=O)OC(C)(C)C)[C@@H](N=[N+]=[N-])C1. The Labute approximate surface area is 134 Å². The number of amides is 1. The lowest BCUT2D eigenvalue weighted by Crippen LogP contribution is -2.53. The van der Waals surface area contributed by atoms with Crippen LogP contribution in [0.25, 0.3) is 10.4 Å². The number of carbonyl (C=O) groups is 2. The van der Waals surface area contributed by atoms with Gasteiger partial charge in [-0.2, -0.15) is 0 Å². The molecule has 3 atom stereocenters. The number of esters is 1. The van der Waals surface area contributed by atoms with Crippen LogP contribution in [0.4, 0.5) is 4.79 Å². The molecule has 1 amide bonds. The molecular formula is C14H22N4O5. The first-order valence-corrected chi connectivity index (χ1v) is 7.27. The highest BCUT2D eigenvalue weighted by molar-refractivity contribution is 5.89. The number of alkyl carbamates (subject to hydrolysis) is 1. The van der Waals surface area contributed by atoms with Crippen molar-refractivity contribution in [2.75, 3.05) is 6.61 Å². The second-order valence-corrected chi connectivity index (χ2v) is 6.05. The average molecular weight is 326 g/mol. The normalized spacial score (nSPS) is 24.0. The highest BCUT2D eigenvalue weighted by atomic mass is 16.6. The first-order chi connectivity index (χ1) is 10.7. The number of hydrogen-bond acceptors (Lipinski definition) is 6. The van der Waals surface area contributed by atoms with E-state index in [2.05, 4.69) is 15.3 Å². The molecule has 0 saturated carbocycles. The van der Waals surface area contributed by atoms with E-state index in [0.717, 1.165) is 0 Å². The number of carbonyl (C=O) groups excluding carboxylic acids is 2. The van der Waals surface area contributed by atoms with Crippen LogP contribution in [0, 0.1) is 0 Å². The van der Waals surface area contributed by atoms with E-state index in [4.69, 9.17) is 15.0 Å². The molecular weight excluding hydrogens is 304 g/mol. The summed E-state index contributed by atoms with van der Waals surface area (Å²) in [5.41, 5.74) is 8.17. The predicted molar refractivity (Wildman–Crippen MR) is 81.4 cm³/mol. The largest absolute Gasteiger partial charge is 0.463 e. The van der Waals surface area contributed by atoms with E-state index < -0.39 is 35.9 Å².